The molecule has 5 heteroatoms. The van der Waals surface area contributed by atoms with E-state index in [0.717, 1.165) is 0 Å². The highest BCUT2D eigenvalue weighted by Crippen LogP contribution is 2.22. The van der Waals surface area contributed by atoms with Crippen LogP contribution in [-0.2, 0) is 4.79 Å². The first kappa shape index (κ1) is 14.3. The fraction of sp³-hybridized carbons (Fsp3) is 0.385. The Kier molecular flexibility index (Phi) is 5.47. The summed E-state index contributed by atoms with van der Waals surface area (Å²) in [5, 5.41) is 15.0. The second-order valence-electron chi connectivity index (χ2n) is 4.33. The zero-order chi connectivity index (χ0) is 13.5. The molecule has 0 heterocycles. The maximum absolute atomic E-state index is 11.5. The number of halogens is 1. The van der Waals surface area contributed by atoms with E-state index in [1.54, 1.807) is 18.2 Å². The number of nitrogens with zero attached hydrogens (tertiary/aromatic N) is 1. The lowest BCUT2D eigenvalue weighted by atomic mass is 10.2. The topological polar surface area (TPSA) is 64.9 Å². The van der Waals surface area contributed by atoms with Gasteiger partial charge in [0.2, 0.25) is 5.91 Å². The number of benzene rings is 1. The number of hydrogen-bond donors (Lipinski definition) is 2. The van der Waals surface area contributed by atoms with E-state index in [-0.39, 0.29) is 12.5 Å². The molecule has 0 saturated heterocycles. The number of nitrogens with one attached hydrogen (secondary N) is 2. The Bertz CT molecular complexity index is 466. The van der Waals surface area contributed by atoms with Gasteiger partial charge >= 0.3 is 0 Å². The predicted molar refractivity (Wildman–Crippen MR) is 72.5 cm³/mol. The van der Waals surface area contributed by atoms with E-state index in [1.165, 1.54) is 0 Å². The van der Waals surface area contributed by atoms with Gasteiger partial charge in [0.1, 0.15) is 6.07 Å². The van der Waals surface area contributed by atoms with Crippen LogP contribution < -0.4 is 10.6 Å². The van der Waals surface area contributed by atoms with E-state index < -0.39 is 0 Å². The van der Waals surface area contributed by atoms with Crippen molar-refractivity contribution in [3.8, 4) is 6.07 Å². The van der Waals surface area contributed by atoms with Crippen molar-refractivity contribution in [2.75, 3.05) is 18.4 Å². The third-order valence-corrected chi connectivity index (χ3v) is 2.59. The van der Waals surface area contributed by atoms with Gasteiger partial charge in [-0.05, 0) is 18.1 Å². The Morgan fingerprint density at radius 2 is 2.22 bits per heavy atom. The van der Waals surface area contributed by atoms with Gasteiger partial charge in [-0.1, -0.05) is 31.5 Å². The van der Waals surface area contributed by atoms with Crippen LogP contribution in [0.1, 0.15) is 19.4 Å². The lowest BCUT2D eigenvalue weighted by Gasteiger charge is -2.10. The van der Waals surface area contributed by atoms with Gasteiger partial charge in [0.25, 0.3) is 0 Å². The number of carbonyl (C=O) groups excluding carboxylic acids is 1. The van der Waals surface area contributed by atoms with Crippen LogP contribution in [0.5, 0.6) is 0 Å². The van der Waals surface area contributed by atoms with Crippen LogP contribution in [0, 0.1) is 17.2 Å². The molecule has 0 aliphatic heterocycles. The van der Waals surface area contributed by atoms with Gasteiger partial charge in [0.15, 0.2) is 0 Å². The Labute approximate surface area is 112 Å². The van der Waals surface area contributed by atoms with E-state index in [4.69, 9.17) is 16.9 Å². The van der Waals surface area contributed by atoms with Crippen LogP contribution in [0.3, 0.4) is 0 Å². The summed E-state index contributed by atoms with van der Waals surface area (Å²) in [5.74, 6) is 0.308. The highest BCUT2D eigenvalue weighted by Gasteiger charge is 2.07. The number of rotatable bonds is 5. The largest absolute Gasteiger partial charge is 0.375 e. The van der Waals surface area contributed by atoms with Gasteiger partial charge in [-0.3, -0.25) is 4.79 Å². The van der Waals surface area contributed by atoms with Crippen LogP contribution in [0.15, 0.2) is 18.2 Å². The summed E-state index contributed by atoms with van der Waals surface area (Å²) in [4.78, 5) is 11.5. The molecule has 1 aromatic rings. The SMILES string of the molecule is CC(C)CNC(=O)CNc1cccc(Cl)c1C#N. The molecule has 0 aromatic heterocycles. The Morgan fingerprint density at radius 3 is 2.83 bits per heavy atom. The van der Waals surface area contributed by atoms with Gasteiger partial charge in [-0.25, -0.2) is 0 Å². The first-order valence-corrected chi connectivity index (χ1v) is 6.11. The predicted octanol–water partition coefficient (Wildman–Crippen LogP) is 2.40. The van der Waals surface area contributed by atoms with Crippen molar-refractivity contribution in [3.63, 3.8) is 0 Å². The summed E-state index contributed by atoms with van der Waals surface area (Å²) in [7, 11) is 0. The van der Waals surface area contributed by atoms with Crippen LogP contribution in [0.4, 0.5) is 5.69 Å². The van der Waals surface area contributed by atoms with E-state index in [1.807, 2.05) is 19.9 Å². The molecule has 0 bridgehead atoms. The van der Waals surface area contributed by atoms with E-state index in [2.05, 4.69) is 10.6 Å². The summed E-state index contributed by atoms with van der Waals surface area (Å²) >= 11 is 5.88. The van der Waals surface area contributed by atoms with E-state index >= 15 is 0 Å². The lowest BCUT2D eigenvalue weighted by Crippen LogP contribution is -2.32. The van der Waals surface area contributed by atoms with Crippen molar-refractivity contribution in [2.45, 2.75) is 13.8 Å². The molecule has 2 N–H and O–H groups in total. The quantitative estimate of drug-likeness (QED) is 0.859. The molecule has 0 atom stereocenters. The summed E-state index contributed by atoms with van der Waals surface area (Å²) in [6, 6.07) is 7.11. The monoisotopic (exact) mass is 265 g/mol. The molecule has 1 aromatic carbocycles. The highest BCUT2D eigenvalue weighted by molar-refractivity contribution is 6.32. The molecule has 0 spiro atoms. The minimum Gasteiger partial charge on any atom is -0.375 e. The van der Waals surface area contributed by atoms with Crippen LogP contribution in [0.25, 0.3) is 0 Å². The molecule has 1 amide bonds. The number of anilines is 1. The van der Waals surface area contributed by atoms with E-state index in [9.17, 15) is 4.79 Å². The molecule has 1 rings (SSSR count). The van der Waals surface area contributed by atoms with Crippen molar-refractivity contribution in [1.82, 2.24) is 5.32 Å². The minimum atomic E-state index is -0.104. The van der Waals surface area contributed by atoms with Gasteiger partial charge in [0, 0.05) is 6.54 Å². The molecule has 0 aliphatic carbocycles. The summed E-state index contributed by atoms with van der Waals surface area (Å²) in [5.41, 5.74) is 0.931. The molecular weight excluding hydrogens is 250 g/mol. The van der Waals surface area contributed by atoms with Gasteiger partial charge in [-0.2, -0.15) is 5.26 Å². The fourth-order valence-electron chi connectivity index (χ4n) is 1.34. The second-order valence-corrected chi connectivity index (χ2v) is 4.73. The van der Waals surface area contributed by atoms with Gasteiger partial charge < -0.3 is 10.6 Å². The first-order chi connectivity index (χ1) is 8.54. The molecule has 0 saturated carbocycles. The van der Waals surface area contributed by atoms with Crippen LogP contribution >= 0.6 is 11.6 Å². The maximum Gasteiger partial charge on any atom is 0.239 e. The van der Waals surface area contributed by atoms with Crippen molar-refractivity contribution in [2.24, 2.45) is 5.92 Å². The number of carbonyl (C=O) groups is 1. The first-order valence-electron chi connectivity index (χ1n) is 5.73. The van der Waals surface area contributed by atoms with Crippen molar-refractivity contribution >= 4 is 23.2 Å². The number of hydrogen-bond acceptors (Lipinski definition) is 3. The van der Waals surface area contributed by atoms with Crippen LogP contribution in [-0.4, -0.2) is 19.0 Å². The second kappa shape index (κ2) is 6.87. The molecule has 0 unspecified atom stereocenters. The zero-order valence-corrected chi connectivity index (χ0v) is 11.2. The number of nitriles is 1. The van der Waals surface area contributed by atoms with Crippen molar-refractivity contribution < 1.29 is 4.79 Å². The average Bonchev–Trinajstić information content (AvgIpc) is 2.33. The maximum atomic E-state index is 11.5. The lowest BCUT2D eigenvalue weighted by molar-refractivity contribution is -0.119. The zero-order valence-electron chi connectivity index (χ0n) is 10.5. The third-order valence-electron chi connectivity index (χ3n) is 2.27. The molecule has 0 radical (unpaired) electrons. The minimum absolute atomic E-state index is 0.104. The Hall–Kier alpha value is -1.73. The summed E-state index contributed by atoms with van der Waals surface area (Å²) in [6.07, 6.45) is 0. The van der Waals surface area contributed by atoms with Crippen molar-refractivity contribution in [1.29, 1.82) is 5.26 Å². The third kappa shape index (κ3) is 4.27. The highest BCUT2D eigenvalue weighted by atomic mass is 35.5. The Balaban J connectivity index is 2.57. The molecule has 18 heavy (non-hydrogen) atoms. The van der Waals surface area contributed by atoms with Gasteiger partial charge in [-0.15, -0.1) is 0 Å². The van der Waals surface area contributed by atoms with E-state index in [0.29, 0.717) is 28.7 Å². The molecular formula is C13H16ClN3O. The fourth-order valence-corrected chi connectivity index (χ4v) is 1.56. The summed E-state index contributed by atoms with van der Waals surface area (Å²) in [6.45, 7) is 4.82. The molecule has 0 aliphatic rings. The smallest absolute Gasteiger partial charge is 0.239 e. The molecule has 0 fully saturated rings. The normalized spacial score (nSPS) is 9.94. The molecule has 96 valence electrons. The average molecular weight is 266 g/mol. The number of amides is 1. The Morgan fingerprint density at radius 1 is 1.50 bits per heavy atom. The van der Waals surface area contributed by atoms with Gasteiger partial charge in [0.05, 0.1) is 22.8 Å². The van der Waals surface area contributed by atoms with Crippen LogP contribution in [0.2, 0.25) is 5.02 Å². The van der Waals surface area contributed by atoms with Crippen molar-refractivity contribution in [3.05, 3.63) is 28.8 Å². The standard InChI is InChI=1S/C13H16ClN3O/c1-9(2)7-17-13(18)8-16-12-5-3-4-11(14)10(12)6-15/h3-5,9,16H,7-8H2,1-2H3,(H,17,18). The summed E-state index contributed by atoms with van der Waals surface area (Å²) < 4.78 is 0. The molecule has 4 nitrogen and oxygen atoms in total.